The van der Waals surface area contributed by atoms with Gasteiger partial charge in [-0.3, -0.25) is 0 Å². The summed E-state index contributed by atoms with van der Waals surface area (Å²) in [4.78, 5) is 6.80. The van der Waals surface area contributed by atoms with Crippen molar-refractivity contribution < 1.29 is 9.84 Å². The van der Waals surface area contributed by atoms with Gasteiger partial charge in [0, 0.05) is 31.6 Å². The standard InChI is InChI=1S/C12H21N3O2S/c1-3-12(9-16)6-4-7-15(12)11-13-10(14-18-11)5-8-17-2/h16H,3-9H2,1-2H3. The summed E-state index contributed by atoms with van der Waals surface area (Å²) in [7, 11) is 1.68. The lowest BCUT2D eigenvalue weighted by molar-refractivity contribution is 0.192. The number of nitrogens with zero attached hydrogens (tertiary/aromatic N) is 3. The molecule has 1 N–H and O–H groups in total. The minimum Gasteiger partial charge on any atom is -0.394 e. The van der Waals surface area contributed by atoms with E-state index in [9.17, 15) is 5.11 Å². The van der Waals surface area contributed by atoms with Crippen LogP contribution in [0.15, 0.2) is 0 Å². The van der Waals surface area contributed by atoms with Crippen LogP contribution in [-0.4, -0.2) is 46.9 Å². The van der Waals surface area contributed by atoms with E-state index in [0.29, 0.717) is 6.61 Å². The first-order chi connectivity index (χ1) is 8.75. The van der Waals surface area contributed by atoms with E-state index >= 15 is 0 Å². The largest absolute Gasteiger partial charge is 0.394 e. The second-order valence-electron chi connectivity index (χ2n) is 4.73. The maximum Gasteiger partial charge on any atom is 0.205 e. The molecule has 0 aromatic carbocycles. The molecule has 18 heavy (non-hydrogen) atoms. The molecule has 0 spiro atoms. The van der Waals surface area contributed by atoms with E-state index in [1.54, 1.807) is 7.11 Å². The molecule has 2 heterocycles. The first-order valence-corrected chi connectivity index (χ1v) is 7.23. The summed E-state index contributed by atoms with van der Waals surface area (Å²) < 4.78 is 9.39. The van der Waals surface area contributed by atoms with E-state index in [0.717, 1.165) is 43.2 Å². The van der Waals surface area contributed by atoms with Crippen molar-refractivity contribution in [1.82, 2.24) is 9.36 Å². The molecule has 0 saturated carbocycles. The van der Waals surface area contributed by atoms with Crippen LogP contribution in [-0.2, 0) is 11.2 Å². The number of methoxy groups -OCH3 is 1. The third-order valence-corrected chi connectivity index (χ3v) is 4.54. The van der Waals surface area contributed by atoms with Gasteiger partial charge in [0.25, 0.3) is 0 Å². The van der Waals surface area contributed by atoms with Crippen LogP contribution in [0.25, 0.3) is 0 Å². The maximum absolute atomic E-state index is 9.69. The van der Waals surface area contributed by atoms with Crippen molar-refractivity contribution in [1.29, 1.82) is 0 Å². The molecule has 5 nitrogen and oxygen atoms in total. The van der Waals surface area contributed by atoms with Gasteiger partial charge in [0.2, 0.25) is 5.13 Å². The molecular weight excluding hydrogens is 250 g/mol. The first kappa shape index (κ1) is 13.7. The molecular formula is C12H21N3O2S. The monoisotopic (exact) mass is 271 g/mol. The van der Waals surface area contributed by atoms with Gasteiger partial charge in [-0.2, -0.15) is 4.37 Å². The summed E-state index contributed by atoms with van der Waals surface area (Å²) in [6.45, 7) is 3.93. The summed E-state index contributed by atoms with van der Waals surface area (Å²) in [6.07, 6.45) is 3.84. The number of hydrogen-bond acceptors (Lipinski definition) is 6. The molecule has 0 radical (unpaired) electrons. The number of aromatic nitrogens is 2. The van der Waals surface area contributed by atoms with Crippen LogP contribution >= 0.6 is 11.5 Å². The summed E-state index contributed by atoms with van der Waals surface area (Å²) in [5, 5.41) is 10.6. The fraction of sp³-hybridized carbons (Fsp3) is 0.833. The van der Waals surface area contributed by atoms with Crippen LogP contribution in [0, 0.1) is 0 Å². The van der Waals surface area contributed by atoms with Gasteiger partial charge in [0.15, 0.2) is 0 Å². The Kier molecular flexibility index (Phi) is 4.53. The molecule has 2 rings (SSSR count). The van der Waals surface area contributed by atoms with E-state index in [1.165, 1.54) is 11.5 Å². The van der Waals surface area contributed by atoms with E-state index in [-0.39, 0.29) is 12.1 Å². The molecule has 1 unspecified atom stereocenters. The van der Waals surface area contributed by atoms with Gasteiger partial charge in [-0.1, -0.05) is 6.92 Å². The molecule has 6 heteroatoms. The van der Waals surface area contributed by atoms with Crippen LogP contribution in [0.4, 0.5) is 5.13 Å². The number of ether oxygens (including phenoxy) is 1. The van der Waals surface area contributed by atoms with Crippen molar-refractivity contribution >= 4 is 16.7 Å². The SMILES string of the molecule is CCC1(CO)CCCN1c1nc(CCOC)ns1. The maximum atomic E-state index is 9.69. The highest BCUT2D eigenvalue weighted by molar-refractivity contribution is 7.09. The van der Waals surface area contributed by atoms with E-state index < -0.39 is 0 Å². The molecule has 1 saturated heterocycles. The lowest BCUT2D eigenvalue weighted by atomic mass is 9.94. The van der Waals surface area contributed by atoms with Gasteiger partial charge in [0.1, 0.15) is 5.82 Å². The average Bonchev–Trinajstić information content (AvgIpc) is 3.02. The zero-order chi connectivity index (χ0) is 13.0. The smallest absolute Gasteiger partial charge is 0.205 e. The van der Waals surface area contributed by atoms with Crippen molar-refractivity contribution in [3.63, 3.8) is 0 Å². The minimum absolute atomic E-state index is 0.127. The zero-order valence-electron chi connectivity index (χ0n) is 11.1. The Balaban J connectivity index is 2.12. The van der Waals surface area contributed by atoms with Gasteiger partial charge in [-0.05, 0) is 19.3 Å². The normalized spacial score (nSPS) is 23.8. The van der Waals surface area contributed by atoms with Crippen LogP contribution in [0.2, 0.25) is 0 Å². The lowest BCUT2D eigenvalue weighted by Gasteiger charge is -2.35. The molecule has 1 aromatic heterocycles. The Hall–Kier alpha value is -0.720. The Labute approximate surface area is 112 Å². The number of anilines is 1. The molecule has 102 valence electrons. The highest BCUT2D eigenvalue weighted by atomic mass is 32.1. The average molecular weight is 271 g/mol. The zero-order valence-corrected chi connectivity index (χ0v) is 11.9. The molecule has 1 aliphatic heterocycles. The van der Waals surface area contributed by atoms with Gasteiger partial charge >= 0.3 is 0 Å². The molecule has 1 aromatic rings. The molecule has 0 amide bonds. The van der Waals surface area contributed by atoms with Gasteiger partial charge < -0.3 is 14.7 Å². The molecule has 1 fully saturated rings. The topological polar surface area (TPSA) is 58.5 Å². The van der Waals surface area contributed by atoms with E-state index in [2.05, 4.69) is 21.2 Å². The number of aliphatic hydroxyl groups is 1. The Morgan fingerprint density at radius 2 is 2.39 bits per heavy atom. The minimum atomic E-state index is -0.127. The number of hydrogen-bond donors (Lipinski definition) is 1. The van der Waals surface area contributed by atoms with Crippen molar-refractivity contribution in [2.45, 2.75) is 38.1 Å². The van der Waals surface area contributed by atoms with Gasteiger partial charge in [-0.25, -0.2) is 4.98 Å². The molecule has 1 atom stereocenters. The predicted octanol–water partition coefficient (Wildman–Crippen LogP) is 1.47. The van der Waals surface area contributed by atoms with Gasteiger partial charge in [0.05, 0.1) is 18.8 Å². The predicted molar refractivity (Wildman–Crippen MR) is 72.2 cm³/mol. The van der Waals surface area contributed by atoms with E-state index in [1.807, 2.05) is 0 Å². The Morgan fingerprint density at radius 3 is 3.06 bits per heavy atom. The van der Waals surface area contributed by atoms with Crippen LogP contribution < -0.4 is 4.90 Å². The fourth-order valence-corrected chi connectivity index (χ4v) is 3.38. The lowest BCUT2D eigenvalue weighted by Crippen LogP contribution is -2.46. The van der Waals surface area contributed by atoms with Gasteiger partial charge in [-0.15, -0.1) is 0 Å². The fourth-order valence-electron chi connectivity index (χ4n) is 2.53. The summed E-state index contributed by atoms with van der Waals surface area (Å²) in [6, 6.07) is 0. The summed E-state index contributed by atoms with van der Waals surface area (Å²) >= 11 is 1.43. The highest BCUT2D eigenvalue weighted by Gasteiger charge is 2.40. The quantitative estimate of drug-likeness (QED) is 0.849. The van der Waals surface area contributed by atoms with Crippen molar-refractivity contribution in [3.05, 3.63) is 5.82 Å². The molecule has 0 bridgehead atoms. The van der Waals surface area contributed by atoms with Crippen LogP contribution in [0.1, 0.15) is 32.0 Å². The van der Waals surface area contributed by atoms with Crippen LogP contribution in [0.5, 0.6) is 0 Å². The van der Waals surface area contributed by atoms with Crippen molar-refractivity contribution in [3.8, 4) is 0 Å². The molecule has 1 aliphatic rings. The summed E-state index contributed by atoms with van der Waals surface area (Å²) in [5.41, 5.74) is -0.127. The van der Waals surface area contributed by atoms with Crippen molar-refractivity contribution in [2.75, 3.05) is 31.8 Å². The Bertz CT molecular complexity index is 379. The van der Waals surface area contributed by atoms with Crippen LogP contribution in [0.3, 0.4) is 0 Å². The Morgan fingerprint density at radius 1 is 1.56 bits per heavy atom. The second kappa shape index (κ2) is 5.95. The van der Waals surface area contributed by atoms with E-state index in [4.69, 9.17) is 4.74 Å². The first-order valence-electron chi connectivity index (χ1n) is 6.46. The molecule has 0 aliphatic carbocycles. The third kappa shape index (κ3) is 2.50. The number of rotatable bonds is 6. The third-order valence-electron chi connectivity index (χ3n) is 3.77. The second-order valence-corrected chi connectivity index (χ2v) is 5.46. The number of aliphatic hydroxyl groups excluding tert-OH is 1. The highest BCUT2D eigenvalue weighted by Crippen LogP contribution is 2.37. The van der Waals surface area contributed by atoms with Crippen molar-refractivity contribution in [2.24, 2.45) is 0 Å². The summed E-state index contributed by atoms with van der Waals surface area (Å²) in [5.74, 6) is 0.840.